The first-order valence-corrected chi connectivity index (χ1v) is 30.0. The minimum absolute atomic E-state index is 0.0291. The number of nitrogens with zero attached hydrogens (tertiary/aromatic N) is 3. The van der Waals surface area contributed by atoms with Crippen LogP contribution in [0.3, 0.4) is 0 Å². The van der Waals surface area contributed by atoms with Crippen LogP contribution in [0.1, 0.15) is 85.9 Å². The van der Waals surface area contributed by atoms with Gasteiger partial charge in [-0.2, -0.15) is 15.8 Å². The van der Waals surface area contributed by atoms with Gasteiger partial charge < -0.3 is 5.73 Å². The summed E-state index contributed by atoms with van der Waals surface area (Å²) >= 11 is 1.81. The lowest BCUT2D eigenvalue weighted by molar-refractivity contribution is 0.625. The Hall–Kier alpha value is -6.62. The molecule has 9 aromatic carbocycles. The van der Waals surface area contributed by atoms with Crippen LogP contribution in [0.25, 0.3) is 0 Å². The molecular formula is C64H51Cl3F2N4S4. The van der Waals surface area contributed by atoms with E-state index >= 15 is 0 Å². The van der Waals surface area contributed by atoms with E-state index in [0.29, 0.717) is 22.4 Å². The number of hydrogen-bond donors (Lipinski definition) is 1. The highest BCUT2D eigenvalue weighted by atomic mass is 35.7. The van der Waals surface area contributed by atoms with Crippen molar-refractivity contribution in [3.05, 3.63) is 315 Å². The van der Waals surface area contributed by atoms with Crippen molar-refractivity contribution in [2.45, 2.75) is 33.3 Å². The Morgan fingerprint density at radius 3 is 1.17 bits per heavy atom. The van der Waals surface area contributed by atoms with Crippen molar-refractivity contribution in [1.82, 2.24) is 0 Å². The molecule has 3 atom stereocenters. The quantitative estimate of drug-likeness (QED) is 0.0901. The van der Waals surface area contributed by atoms with Crippen LogP contribution in [-0.4, -0.2) is 6.26 Å². The lowest BCUT2D eigenvalue weighted by atomic mass is 9.83. The zero-order valence-electron chi connectivity index (χ0n) is 42.0. The molecule has 0 heterocycles. The maximum atomic E-state index is 13.1. The fourth-order valence-electron chi connectivity index (χ4n) is 8.30. The molecule has 4 nitrogen and oxygen atoms in total. The predicted molar refractivity (Wildman–Crippen MR) is 325 cm³/mol. The Kier molecular flexibility index (Phi) is 22.6. The van der Waals surface area contributed by atoms with E-state index in [9.17, 15) is 8.78 Å². The Balaban J connectivity index is 0.000000170. The van der Waals surface area contributed by atoms with Gasteiger partial charge >= 0.3 is 0 Å². The van der Waals surface area contributed by atoms with Gasteiger partial charge in [-0.15, -0.1) is 11.8 Å². The highest BCUT2D eigenvalue weighted by molar-refractivity contribution is 8.22. The molecule has 386 valence electrons. The highest BCUT2D eigenvalue weighted by Gasteiger charge is 2.37. The molecule has 0 aliphatic carbocycles. The summed E-state index contributed by atoms with van der Waals surface area (Å²) in [4.78, 5) is 0. The van der Waals surface area contributed by atoms with Crippen molar-refractivity contribution in [3.63, 3.8) is 0 Å². The van der Waals surface area contributed by atoms with Gasteiger partial charge in [0, 0.05) is 5.69 Å². The van der Waals surface area contributed by atoms with E-state index < -0.39 is 4.75 Å². The number of hydrogen-bond acceptors (Lipinski definition) is 8. The molecule has 77 heavy (non-hydrogen) atoms. The summed E-state index contributed by atoms with van der Waals surface area (Å²) in [6.07, 6.45) is 2.12. The Morgan fingerprint density at radius 1 is 0.416 bits per heavy atom. The summed E-state index contributed by atoms with van der Waals surface area (Å²) in [5.74, 6) is -0.465. The Labute approximate surface area is 481 Å². The molecule has 0 saturated heterocycles. The molecular weight excluding hydrogens is 1100 g/mol. The lowest BCUT2D eigenvalue weighted by Crippen LogP contribution is -2.24. The molecule has 3 unspecified atom stereocenters. The number of rotatable bonds is 13. The third kappa shape index (κ3) is 15.1. The first kappa shape index (κ1) is 59.6. The average Bonchev–Trinajstić information content (AvgIpc) is 3.51. The summed E-state index contributed by atoms with van der Waals surface area (Å²) in [7, 11) is 22.0. The third-order valence-electron chi connectivity index (χ3n) is 12.8. The van der Waals surface area contributed by atoms with E-state index in [0.717, 1.165) is 38.9 Å². The average molecular weight is 1150 g/mol. The van der Waals surface area contributed by atoms with Gasteiger partial charge in [0.25, 0.3) is 0 Å². The molecule has 0 amide bonds. The standard InChI is InChI=1S/C21H14ClN3S.C16H15NS.C14H12ClFS.C13H10ClFS/c22-26-21(19-9-11-20(25)12-10-19,17-5-1-15(13-23)2-6-17)18-7-3-16(14-24)4-8-18;1-16(18-2,14-6-4-3-5-7-14)15-10-8-13(12-17)9-11-15;1-14(17-15,11-5-3-2-4-6-11)12-7-9-13(16)10-8-12;14-16-13(10-5-2-1-3-6-10)11-7-4-8-12(15)9-11/h1-12H,25H2;3-11H,1-2H3;2-10H,1H3;1-9,13H. The number of benzene rings is 9. The van der Waals surface area contributed by atoms with Crippen LogP contribution in [0.2, 0.25) is 0 Å². The van der Waals surface area contributed by atoms with E-state index in [1.54, 1.807) is 42.5 Å². The summed E-state index contributed by atoms with van der Waals surface area (Å²) < 4.78 is 24.9. The summed E-state index contributed by atoms with van der Waals surface area (Å²) in [6, 6.07) is 79.8. The van der Waals surface area contributed by atoms with Gasteiger partial charge in [0.2, 0.25) is 0 Å². The predicted octanol–water partition coefficient (Wildman–Crippen LogP) is 19.2. The monoisotopic (exact) mass is 1150 g/mol. The number of halogens is 5. The molecule has 0 bridgehead atoms. The van der Waals surface area contributed by atoms with Gasteiger partial charge in [0.1, 0.15) is 16.4 Å². The van der Waals surface area contributed by atoms with Crippen molar-refractivity contribution in [2.24, 2.45) is 0 Å². The molecule has 13 heteroatoms. The molecule has 0 radical (unpaired) electrons. The van der Waals surface area contributed by atoms with Crippen LogP contribution in [0.4, 0.5) is 14.5 Å². The van der Waals surface area contributed by atoms with Crippen LogP contribution in [0.5, 0.6) is 0 Å². The molecule has 2 N–H and O–H groups in total. The van der Waals surface area contributed by atoms with Crippen LogP contribution in [-0.2, 0) is 14.2 Å². The summed E-state index contributed by atoms with van der Waals surface area (Å²) in [5.41, 5.74) is 17.8. The number of thioether (sulfide) groups is 1. The molecule has 0 aliphatic heterocycles. The van der Waals surface area contributed by atoms with Crippen LogP contribution in [0.15, 0.2) is 237 Å². The SMILES string of the molecule is CC(SCl)(c1ccccc1)c1ccc(F)cc1.CSC(C)(c1ccccc1)c1ccc(C#N)cc1.Fc1cccc(C(SCl)c2ccccc2)c1.N#Cc1ccc(C(SCl)(c2ccc(N)cc2)c2ccc(C#N)cc2)cc1. The van der Waals surface area contributed by atoms with Gasteiger partial charge in [-0.25, -0.2) is 8.78 Å². The number of anilines is 1. The fourth-order valence-corrected chi connectivity index (χ4v) is 12.6. The van der Waals surface area contributed by atoms with Gasteiger partial charge in [-0.3, -0.25) is 0 Å². The number of nitrogen functional groups attached to an aromatic ring is 1. The largest absolute Gasteiger partial charge is 0.399 e. The van der Waals surface area contributed by atoms with E-state index in [-0.39, 0.29) is 26.4 Å². The minimum Gasteiger partial charge on any atom is -0.399 e. The van der Waals surface area contributed by atoms with E-state index in [1.165, 1.54) is 68.3 Å². The third-order valence-corrected chi connectivity index (χ3v) is 18.7. The molecule has 0 spiro atoms. The first-order valence-electron chi connectivity index (χ1n) is 23.8. The van der Waals surface area contributed by atoms with E-state index in [4.69, 9.17) is 53.6 Å². The lowest BCUT2D eigenvalue weighted by Gasteiger charge is -2.33. The van der Waals surface area contributed by atoms with Gasteiger partial charge in [0.05, 0.1) is 49.6 Å². The summed E-state index contributed by atoms with van der Waals surface area (Å²) in [5, 5.41) is 27.0. The first-order chi connectivity index (χ1) is 37.3. The number of nitrogens with two attached hydrogens (primary N) is 1. The van der Waals surface area contributed by atoms with Crippen molar-refractivity contribution in [3.8, 4) is 18.2 Å². The molecule has 0 saturated carbocycles. The molecule has 9 rings (SSSR count). The topological polar surface area (TPSA) is 97.4 Å². The van der Waals surface area contributed by atoms with Gasteiger partial charge in [-0.1, -0.05) is 164 Å². The van der Waals surface area contributed by atoms with Crippen LogP contribution < -0.4 is 5.73 Å². The second kappa shape index (κ2) is 29.2. The zero-order valence-corrected chi connectivity index (χ0v) is 47.6. The highest BCUT2D eigenvalue weighted by Crippen LogP contribution is 2.51. The number of nitriles is 3. The zero-order chi connectivity index (χ0) is 55.3. The normalized spacial score (nSPS) is 12.5. The minimum atomic E-state index is -0.697. The van der Waals surface area contributed by atoms with Crippen LogP contribution in [0, 0.1) is 45.6 Å². The van der Waals surface area contributed by atoms with Crippen molar-refractivity contribution in [1.29, 1.82) is 15.8 Å². The van der Waals surface area contributed by atoms with E-state index in [1.807, 2.05) is 164 Å². The second-order valence-corrected chi connectivity index (χ2v) is 22.5. The smallest absolute Gasteiger partial charge is 0.123 e. The van der Waals surface area contributed by atoms with Crippen molar-refractivity contribution < 1.29 is 8.78 Å². The van der Waals surface area contributed by atoms with Gasteiger partial charge in [-0.05, 0) is 208 Å². The maximum absolute atomic E-state index is 13.1. The van der Waals surface area contributed by atoms with Crippen molar-refractivity contribution in [2.75, 3.05) is 12.0 Å². The molecule has 0 aromatic heterocycles. The van der Waals surface area contributed by atoms with Crippen LogP contribution >= 0.6 is 76.7 Å². The Bertz CT molecular complexity index is 3320. The molecule has 9 aromatic rings. The fraction of sp³-hybridized carbons (Fsp3) is 0.109. The van der Waals surface area contributed by atoms with E-state index in [2.05, 4.69) is 55.7 Å². The second-order valence-electron chi connectivity index (χ2n) is 17.5. The summed E-state index contributed by atoms with van der Waals surface area (Å²) in [6.45, 7) is 4.25. The Morgan fingerprint density at radius 2 is 0.779 bits per heavy atom. The molecule has 0 aliphatic rings. The molecule has 0 fully saturated rings. The van der Waals surface area contributed by atoms with Gasteiger partial charge in [0.15, 0.2) is 0 Å². The van der Waals surface area contributed by atoms with Crippen molar-refractivity contribution >= 4 is 82.4 Å². The maximum Gasteiger partial charge on any atom is 0.123 e.